The van der Waals surface area contributed by atoms with E-state index < -0.39 is 0 Å². The van der Waals surface area contributed by atoms with E-state index in [0.29, 0.717) is 29.0 Å². The Morgan fingerprint density at radius 1 is 1.12 bits per heavy atom. The SMILES string of the molecule is COc1ccccc1Oc1ccc(NC(=S)NCc2ccc(C)o2)cn1. The first kappa shape index (κ1) is 17.8. The maximum atomic E-state index is 5.74. The van der Waals surface area contributed by atoms with Crippen LogP contribution in [0.15, 0.2) is 59.1 Å². The number of anilines is 1. The number of methoxy groups -OCH3 is 1. The second kappa shape index (κ2) is 8.35. The van der Waals surface area contributed by atoms with Crippen LogP contribution in [0, 0.1) is 6.92 Å². The summed E-state index contributed by atoms with van der Waals surface area (Å²) in [6, 6.07) is 14.8. The molecule has 0 aliphatic heterocycles. The Labute approximate surface area is 157 Å². The van der Waals surface area contributed by atoms with Crippen molar-refractivity contribution in [1.82, 2.24) is 10.3 Å². The zero-order chi connectivity index (χ0) is 18.4. The molecule has 6 nitrogen and oxygen atoms in total. The number of aryl methyl sites for hydroxylation is 1. The summed E-state index contributed by atoms with van der Waals surface area (Å²) in [6.07, 6.45) is 1.65. The van der Waals surface area contributed by atoms with Crippen LogP contribution >= 0.6 is 12.2 Å². The number of furan rings is 1. The maximum absolute atomic E-state index is 5.74. The number of benzene rings is 1. The van der Waals surface area contributed by atoms with Gasteiger partial charge in [-0.3, -0.25) is 0 Å². The van der Waals surface area contributed by atoms with Crippen LogP contribution in [-0.2, 0) is 6.54 Å². The first-order valence-electron chi connectivity index (χ1n) is 8.01. The minimum Gasteiger partial charge on any atom is -0.493 e. The molecule has 26 heavy (non-hydrogen) atoms. The highest BCUT2D eigenvalue weighted by Crippen LogP contribution is 2.30. The molecule has 3 aromatic rings. The molecule has 2 aromatic heterocycles. The second-order valence-electron chi connectivity index (χ2n) is 5.46. The zero-order valence-electron chi connectivity index (χ0n) is 14.5. The smallest absolute Gasteiger partial charge is 0.219 e. The van der Waals surface area contributed by atoms with Gasteiger partial charge in [0.2, 0.25) is 5.88 Å². The third kappa shape index (κ3) is 4.73. The molecule has 1 aromatic carbocycles. The van der Waals surface area contributed by atoms with Crippen LogP contribution in [0.2, 0.25) is 0 Å². The van der Waals surface area contributed by atoms with E-state index in [4.69, 9.17) is 26.1 Å². The van der Waals surface area contributed by atoms with E-state index >= 15 is 0 Å². The molecule has 0 aliphatic rings. The van der Waals surface area contributed by atoms with Crippen LogP contribution in [-0.4, -0.2) is 17.2 Å². The number of nitrogens with one attached hydrogen (secondary N) is 2. The molecule has 0 unspecified atom stereocenters. The van der Waals surface area contributed by atoms with Gasteiger partial charge in [0, 0.05) is 6.07 Å². The van der Waals surface area contributed by atoms with Gasteiger partial charge in [-0.05, 0) is 49.5 Å². The fraction of sp³-hybridized carbons (Fsp3) is 0.158. The van der Waals surface area contributed by atoms with Gasteiger partial charge in [0.05, 0.1) is 25.5 Å². The van der Waals surface area contributed by atoms with Gasteiger partial charge in [0.15, 0.2) is 16.6 Å². The Balaban J connectivity index is 1.54. The Kier molecular flexibility index (Phi) is 5.70. The van der Waals surface area contributed by atoms with Crippen molar-refractivity contribution in [3.63, 3.8) is 0 Å². The Morgan fingerprint density at radius 2 is 1.92 bits per heavy atom. The molecule has 0 atom stereocenters. The third-order valence-corrected chi connectivity index (χ3v) is 3.74. The number of pyridine rings is 1. The summed E-state index contributed by atoms with van der Waals surface area (Å²) in [7, 11) is 1.60. The quantitative estimate of drug-likeness (QED) is 0.629. The largest absolute Gasteiger partial charge is 0.493 e. The molecule has 0 amide bonds. The average Bonchev–Trinajstić information content (AvgIpc) is 3.07. The standard InChI is InChI=1S/C19H19N3O3S/c1-13-7-9-15(24-13)12-21-19(26)22-14-8-10-18(20-11-14)25-17-6-4-3-5-16(17)23-2/h3-11H,12H2,1-2H3,(H2,21,22,26). The number of rotatable bonds is 6. The van der Waals surface area contributed by atoms with Gasteiger partial charge in [0.1, 0.15) is 11.5 Å². The van der Waals surface area contributed by atoms with Gasteiger partial charge in [-0.1, -0.05) is 12.1 Å². The van der Waals surface area contributed by atoms with Gasteiger partial charge in [0.25, 0.3) is 0 Å². The summed E-state index contributed by atoms with van der Waals surface area (Å²) in [6.45, 7) is 2.42. The first-order chi connectivity index (χ1) is 12.6. The second-order valence-corrected chi connectivity index (χ2v) is 5.87. The highest BCUT2D eigenvalue weighted by atomic mass is 32.1. The lowest BCUT2D eigenvalue weighted by Crippen LogP contribution is -2.27. The number of hydrogen-bond acceptors (Lipinski definition) is 5. The van der Waals surface area contributed by atoms with Crippen LogP contribution < -0.4 is 20.1 Å². The van der Waals surface area contributed by atoms with Crippen molar-refractivity contribution in [2.45, 2.75) is 13.5 Å². The summed E-state index contributed by atoms with van der Waals surface area (Å²) in [4.78, 5) is 4.28. The third-order valence-electron chi connectivity index (χ3n) is 3.50. The highest BCUT2D eigenvalue weighted by Gasteiger charge is 2.06. The van der Waals surface area contributed by atoms with E-state index in [-0.39, 0.29) is 0 Å². The van der Waals surface area contributed by atoms with Gasteiger partial charge >= 0.3 is 0 Å². The molecule has 0 bridgehead atoms. The molecule has 0 radical (unpaired) electrons. The summed E-state index contributed by atoms with van der Waals surface area (Å²) >= 11 is 5.27. The Hall–Kier alpha value is -3.06. The van der Waals surface area contributed by atoms with E-state index in [1.54, 1.807) is 19.4 Å². The molecule has 0 saturated carbocycles. The number of thiocarbonyl (C=S) groups is 1. The predicted molar refractivity (Wildman–Crippen MR) is 104 cm³/mol. The molecular formula is C19H19N3O3S. The van der Waals surface area contributed by atoms with Crippen molar-refractivity contribution in [3.8, 4) is 17.4 Å². The Morgan fingerprint density at radius 3 is 2.58 bits per heavy atom. The summed E-state index contributed by atoms with van der Waals surface area (Å²) < 4.78 is 16.5. The van der Waals surface area contributed by atoms with Crippen LogP contribution in [0.1, 0.15) is 11.5 Å². The molecule has 2 N–H and O–H groups in total. The fourth-order valence-electron chi connectivity index (χ4n) is 2.25. The molecule has 134 valence electrons. The number of para-hydroxylation sites is 2. The molecule has 2 heterocycles. The maximum Gasteiger partial charge on any atom is 0.219 e. The summed E-state index contributed by atoms with van der Waals surface area (Å²) in [5, 5.41) is 6.64. The first-order valence-corrected chi connectivity index (χ1v) is 8.42. The lowest BCUT2D eigenvalue weighted by molar-refractivity contribution is 0.374. The van der Waals surface area contributed by atoms with Crippen molar-refractivity contribution in [1.29, 1.82) is 0 Å². The summed E-state index contributed by atoms with van der Waals surface area (Å²) in [5.74, 6) is 3.41. The van der Waals surface area contributed by atoms with E-state index in [2.05, 4.69) is 15.6 Å². The molecule has 0 saturated heterocycles. The number of hydrogen-bond donors (Lipinski definition) is 2. The topological polar surface area (TPSA) is 68.6 Å². The lowest BCUT2D eigenvalue weighted by Gasteiger charge is -2.11. The molecule has 0 aliphatic carbocycles. The van der Waals surface area contributed by atoms with Gasteiger partial charge < -0.3 is 24.5 Å². The van der Waals surface area contributed by atoms with Crippen molar-refractivity contribution in [2.24, 2.45) is 0 Å². The fourth-order valence-corrected chi connectivity index (χ4v) is 2.44. The van der Waals surface area contributed by atoms with Crippen LogP contribution in [0.25, 0.3) is 0 Å². The molecule has 7 heteroatoms. The highest BCUT2D eigenvalue weighted by molar-refractivity contribution is 7.80. The van der Waals surface area contributed by atoms with Crippen LogP contribution in [0.3, 0.4) is 0 Å². The molecule has 3 rings (SSSR count). The van der Waals surface area contributed by atoms with E-state index in [1.165, 1.54) is 0 Å². The normalized spacial score (nSPS) is 10.2. The minimum absolute atomic E-state index is 0.463. The van der Waals surface area contributed by atoms with E-state index in [9.17, 15) is 0 Å². The van der Waals surface area contributed by atoms with Crippen molar-refractivity contribution in [2.75, 3.05) is 12.4 Å². The minimum atomic E-state index is 0.463. The van der Waals surface area contributed by atoms with Crippen LogP contribution in [0.5, 0.6) is 17.4 Å². The Bertz CT molecular complexity index is 878. The number of nitrogens with zero attached hydrogens (tertiary/aromatic N) is 1. The summed E-state index contributed by atoms with van der Waals surface area (Å²) in [5.41, 5.74) is 0.755. The molecule has 0 fully saturated rings. The molecule has 0 spiro atoms. The monoisotopic (exact) mass is 369 g/mol. The lowest BCUT2D eigenvalue weighted by atomic mass is 10.3. The van der Waals surface area contributed by atoms with Gasteiger partial charge in [-0.2, -0.15) is 0 Å². The van der Waals surface area contributed by atoms with E-state index in [1.807, 2.05) is 49.4 Å². The van der Waals surface area contributed by atoms with E-state index in [0.717, 1.165) is 17.2 Å². The predicted octanol–water partition coefficient (Wildman–Crippen LogP) is 4.27. The zero-order valence-corrected chi connectivity index (χ0v) is 15.3. The van der Waals surface area contributed by atoms with Crippen molar-refractivity contribution >= 4 is 23.0 Å². The van der Waals surface area contributed by atoms with Gasteiger partial charge in [-0.25, -0.2) is 4.98 Å². The number of aromatic nitrogens is 1. The van der Waals surface area contributed by atoms with Crippen LogP contribution in [0.4, 0.5) is 5.69 Å². The molecular weight excluding hydrogens is 350 g/mol. The van der Waals surface area contributed by atoms with Crippen molar-refractivity contribution < 1.29 is 13.9 Å². The number of ether oxygens (including phenoxy) is 2. The average molecular weight is 369 g/mol. The van der Waals surface area contributed by atoms with Gasteiger partial charge in [-0.15, -0.1) is 0 Å². The van der Waals surface area contributed by atoms with Crippen molar-refractivity contribution in [3.05, 3.63) is 66.2 Å².